The molecule has 1 aromatic rings. The van der Waals surface area contributed by atoms with E-state index in [1.807, 2.05) is 25.1 Å². The maximum atomic E-state index is 9.25. The molecule has 0 aliphatic heterocycles. The Balaban J connectivity index is 2.92. The number of thioether (sulfide) groups is 1. The molecule has 1 heterocycles. The first kappa shape index (κ1) is 17.0. The molecule has 106 valence electrons. The van der Waals surface area contributed by atoms with Gasteiger partial charge in [-0.2, -0.15) is 5.26 Å². The van der Waals surface area contributed by atoms with Gasteiger partial charge in [-0.05, 0) is 37.0 Å². The smallest absolute Gasteiger partial charge is 0.0959 e. The third-order valence-electron chi connectivity index (χ3n) is 2.50. The van der Waals surface area contributed by atoms with Crippen LogP contribution in [0.15, 0.2) is 35.4 Å². The zero-order valence-corrected chi connectivity index (χ0v) is 14.1. The van der Waals surface area contributed by atoms with E-state index in [4.69, 9.17) is 5.73 Å². The monoisotopic (exact) mass is 322 g/mol. The highest BCUT2D eigenvalue weighted by molar-refractivity contribution is 8.02. The molecule has 5 heteroatoms. The second-order valence-electron chi connectivity index (χ2n) is 4.02. The lowest BCUT2D eigenvalue weighted by Crippen LogP contribution is -1.97. The van der Waals surface area contributed by atoms with Crippen LogP contribution in [0, 0.1) is 11.3 Å². The van der Waals surface area contributed by atoms with Crippen LogP contribution in [0.4, 0.5) is 0 Å². The van der Waals surface area contributed by atoms with E-state index in [0.717, 1.165) is 26.7 Å². The van der Waals surface area contributed by atoms with E-state index in [-0.39, 0.29) is 5.25 Å². The van der Waals surface area contributed by atoms with E-state index in [1.54, 1.807) is 16.7 Å². The molecule has 0 saturated carbocycles. The first-order chi connectivity index (χ1) is 9.62. The average molecular weight is 323 g/mol. The Morgan fingerprint density at radius 1 is 1.60 bits per heavy atom. The van der Waals surface area contributed by atoms with Gasteiger partial charge in [0.15, 0.2) is 0 Å². The Kier molecular flexibility index (Phi) is 7.60. The number of allylic oxidation sites excluding steroid dienone is 1. The summed E-state index contributed by atoms with van der Waals surface area (Å²) in [5.41, 5.74) is 6.06. The third kappa shape index (κ3) is 5.12. The van der Waals surface area contributed by atoms with Crippen LogP contribution in [0.5, 0.6) is 0 Å². The van der Waals surface area contributed by atoms with Crippen molar-refractivity contribution >= 4 is 46.7 Å². The minimum absolute atomic E-state index is 0.0898. The minimum atomic E-state index is 0.0898. The van der Waals surface area contributed by atoms with Crippen LogP contribution in [0.2, 0.25) is 0 Å². The van der Waals surface area contributed by atoms with Gasteiger partial charge in [0.25, 0.3) is 0 Å². The highest BCUT2D eigenvalue weighted by Crippen LogP contribution is 2.30. The lowest BCUT2D eigenvalue weighted by atomic mass is 10.2. The second kappa shape index (κ2) is 8.96. The van der Waals surface area contributed by atoms with E-state index in [9.17, 15) is 5.26 Å². The van der Waals surface area contributed by atoms with Crippen LogP contribution in [-0.2, 0) is 0 Å². The Morgan fingerprint density at radius 2 is 2.35 bits per heavy atom. The molecule has 0 bridgehead atoms. The number of nitrogens with zero attached hydrogens (tertiary/aromatic N) is 1. The molecule has 0 amide bonds. The van der Waals surface area contributed by atoms with Crippen molar-refractivity contribution in [2.75, 3.05) is 0 Å². The van der Waals surface area contributed by atoms with Gasteiger partial charge in [0.2, 0.25) is 0 Å². The zero-order valence-electron chi connectivity index (χ0n) is 11.5. The van der Waals surface area contributed by atoms with Gasteiger partial charge in [-0.25, -0.2) is 0 Å². The van der Waals surface area contributed by atoms with E-state index in [1.165, 1.54) is 18.0 Å². The van der Waals surface area contributed by atoms with Crippen molar-refractivity contribution in [1.82, 2.24) is 0 Å². The zero-order chi connectivity index (χ0) is 15.0. The summed E-state index contributed by atoms with van der Waals surface area (Å²) in [5.74, 6) is 0. The fourth-order valence-electron chi connectivity index (χ4n) is 1.49. The fraction of sp³-hybridized carbons (Fsp3) is 0.267. The van der Waals surface area contributed by atoms with Crippen LogP contribution >= 0.6 is 35.7 Å². The maximum Gasteiger partial charge on any atom is 0.0959 e. The lowest BCUT2D eigenvalue weighted by Gasteiger charge is -2.05. The molecule has 1 rings (SSSR count). The van der Waals surface area contributed by atoms with E-state index in [0.29, 0.717) is 0 Å². The molecular weight excluding hydrogens is 304 g/mol. The van der Waals surface area contributed by atoms with Crippen molar-refractivity contribution in [3.8, 4) is 6.07 Å². The predicted octanol–water partition coefficient (Wildman–Crippen LogP) is 4.89. The average Bonchev–Trinajstić information content (AvgIpc) is 2.91. The summed E-state index contributed by atoms with van der Waals surface area (Å²) in [6, 6.07) is 6.32. The second-order valence-corrected chi connectivity index (χ2v) is 6.87. The topological polar surface area (TPSA) is 49.8 Å². The fourth-order valence-corrected chi connectivity index (χ4v) is 3.38. The standard InChI is InChI=1S/C15H18N2S3/c1-3-4-14(18)15-6-5-13(20-15)9-12(10-17)11(2)19-8-7-16/h4-9,11,18H,3,16H2,1-2H3/b8-7-,12-9+,14-4-. The summed E-state index contributed by atoms with van der Waals surface area (Å²) in [5, 5.41) is 11.1. The van der Waals surface area contributed by atoms with Gasteiger partial charge in [-0.1, -0.05) is 13.0 Å². The molecule has 1 atom stereocenters. The predicted molar refractivity (Wildman–Crippen MR) is 95.5 cm³/mol. The minimum Gasteiger partial charge on any atom is -0.404 e. The summed E-state index contributed by atoms with van der Waals surface area (Å²) < 4.78 is 0. The third-order valence-corrected chi connectivity index (χ3v) is 5.12. The normalized spacial score (nSPS) is 14.5. The Morgan fingerprint density at radius 3 is 2.95 bits per heavy atom. The van der Waals surface area contributed by atoms with Gasteiger partial charge in [0, 0.05) is 31.7 Å². The van der Waals surface area contributed by atoms with E-state index in [2.05, 4.69) is 31.7 Å². The van der Waals surface area contributed by atoms with Crippen LogP contribution in [0.3, 0.4) is 0 Å². The van der Waals surface area contributed by atoms with Crippen LogP contribution in [-0.4, -0.2) is 5.25 Å². The molecule has 1 unspecified atom stereocenters. The summed E-state index contributed by atoms with van der Waals surface area (Å²) >= 11 is 7.65. The summed E-state index contributed by atoms with van der Waals surface area (Å²) in [6.07, 6.45) is 6.47. The quantitative estimate of drug-likeness (QED) is 0.579. The number of nitriles is 1. The Bertz CT molecular complexity index is 562. The molecular formula is C15H18N2S3. The number of nitrogens with two attached hydrogens (primary N) is 1. The Hall–Kier alpha value is -1.09. The number of hydrogen-bond acceptors (Lipinski definition) is 5. The van der Waals surface area contributed by atoms with Crippen molar-refractivity contribution in [3.63, 3.8) is 0 Å². The van der Waals surface area contributed by atoms with Crippen molar-refractivity contribution in [2.45, 2.75) is 25.5 Å². The van der Waals surface area contributed by atoms with Crippen molar-refractivity contribution in [2.24, 2.45) is 5.73 Å². The number of rotatable bonds is 6. The molecule has 0 saturated heterocycles. The van der Waals surface area contributed by atoms with Gasteiger partial charge < -0.3 is 5.73 Å². The number of thiol groups is 1. The molecule has 0 fully saturated rings. The van der Waals surface area contributed by atoms with Crippen LogP contribution in [0.1, 0.15) is 30.0 Å². The molecule has 0 radical (unpaired) electrons. The molecule has 2 nitrogen and oxygen atoms in total. The van der Waals surface area contributed by atoms with Crippen molar-refractivity contribution in [3.05, 3.63) is 45.1 Å². The first-order valence-corrected chi connectivity index (χ1v) is 8.46. The largest absolute Gasteiger partial charge is 0.404 e. The van der Waals surface area contributed by atoms with Gasteiger partial charge in [-0.15, -0.1) is 35.7 Å². The maximum absolute atomic E-state index is 9.25. The number of hydrogen-bond donors (Lipinski definition) is 2. The lowest BCUT2D eigenvalue weighted by molar-refractivity contribution is 1.19. The molecule has 0 spiro atoms. The molecule has 20 heavy (non-hydrogen) atoms. The van der Waals surface area contributed by atoms with Gasteiger partial charge in [0.1, 0.15) is 0 Å². The van der Waals surface area contributed by atoms with Gasteiger partial charge >= 0.3 is 0 Å². The molecule has 0 aliphatic rings. The van der Waals surface area contributed by atoms with Crippen molar-refractivity contribution < 1.29 is 0 Å². The van der Waals surface area contributed by atoms with E-state index < -0.39 is 0 Å². The summed E-state index contributed by atoms with van der Waals surface area (Å²) in [6.45, 7) is 4.08. The molecule has 2 N–H and O–H groups in total. The highest BCUT2D eigenvalue weighted by atomic mass is 32.2. The summed E-state index contributed by atoms with van der Waals surface area (Å²) in [4.78, 5) is 3.18. The van der Waals surface area contributed by atoms with E-state index >= 15 is 0 Å². The highest BCUT2D eigenvalue weighted by Gasteiger charge is 2.09. The Labute approximate surface area is 134 Å². The molecule has 0 aromatic carbocycles. The summed E-state index contributed by atoms with van der Waals surface area (Å²) in [7, 11) is 0. The molecule has 0 aliphatic carbocycles. The van der Waals surface area contributed by atoms with Gasteiger partial charge in [0.05, 0.1) is 6.07 Å². The first-order valence-electron chi connectivity index (χ1n) is 6.25. The van der Waals surface area contributed by atoms with Crippen LogP contribution < -0.4 is 5.73 Å². The molecule has 1 aromatic heterocycles. The number of thiophene rings is 1. The van der Waals surface area contributed by atoms with Crippen molar-refractivity contribution in [1.29, 1.82) is 5.26 Å². The SMILES string of the molecule is CC/C=C(\S)c1ccc(/C=C(\C#N)C(C)S/C=C\N)s1. The van der Waals surface area contributed by atoms with Crippen LogP contribution in [0.25, 0.3) is 11.0 Å². The van der Waals surface area contributed by atoms with Gasteiger partial charge in [-0.3, -0.25) is 0 Å².